The zero-order valence-electron chi connectivity index (χ0n) is 19.6. The highest BCUT2D eigenvalue weighted by Gasteiger charge is 2.23. The van der Waals surface area contributed by atoms with Crippen LogP contribution in [0.2, 0.25) is 0 Å². The summed E-state index contributed by atoms with van der Waals surface area (Å²) in [6.07, 6.45) is 7.11. The van der Waals surface area contributed by atoms with Crippen LogP contribution in [0.15, 0.2) is 60.8 Å². The van der Waals surface area contributed by atoms with Gasteiger partial charge in [-0.2, -0.15) is 0 Å². The van der Waals surface area contributed by atoms with Crippen molar-refractivity contribution in [2.45, 2.75) is 24.8 Å². The number of fused-ring (bicyclic) bond motifs is 1. The quantitative estimate of drug-likeness (QED) is 0.504. The van der Waals surface area contributed by atoms with Gasteiger partial charge in [0.05, 0.1) is 12.8 Å². The van der Waals surface area contributed by atoms with Crippen molar-refractivity contribution in [3.63, 3.8) is 0 Å². The fourth-order valence-corrected chi connectivity index (χ4v) is 4.81. The second kappa shape index (κ2) is 9.69. The lowest BCUT2D eigenvalue weighted by atomic mass is 9.89. The van der Waals surface area contributed by atoms with Gasteiger partial charge >= 0.3 is 0 Å². The zero-order chi connectivity index (χ0) is 23.5. The normalized spacial score (nSPS) is 18.1. The van der Waals surface area contributed by atoms with Gasteiger partial charge in [0.1, 0.15) is 23.9 Å². The van der Waals surface area contributed by atoms with Crippen LogP contribution in [0.1, 0.15) is 41.5 Å². The Morgan fingerprint density at radius 1 is 1.12 bits per heavy atom. The van der Waals surface area contributed by atoms with E-state index >= 15 is 0 Å². The highest BCUT2D eigenvalue weighted by molar-refractivity contribution is 5.80. The molecule has 0 amide bonds. The van der Waals surface area contributed by atoms with E-state index in [0.29, 0.717) is 11.7 Å². The Labute approximate surface area is 200 Å². The van der Waals surface area contributed by atoms with Crippen LogP contribution in [0.5, 0.6) is 5.75 Å². The summed E-state index contributed by atoms with van der Waals surface area (Å²) in [5, 5.41) is 6.62. The third-order valence-electron chi connectivity index (χ3n) is 6.81. The molecule has 1 aromatic heterocycles. The Morgan fingerprint density at radius 2 is 1.91 bits per heavy atom. The van der Waals surface area contributed by atoms with E-state index in [4.69, 9.17) is 9.72 Å². The summed E-state index contributed by atoms with van der Waals surface area (Å²) in [7, 11) is 3.85. The average Bonchev–Trinajstić information content (AvgIpc) is 2.89. The summed E-state index contributed by atoms with van der Waals surface area (Å²) in [4.78, 5) is 19.2. The Kier molecular flexibility index (Phi) is 6.32. The summed E-state index contributed by atoms with van der Waals surface area (Å²) >= 11 is 0. The van der Waals surface area contributed by atoms with Crippen molar-refractivity contribution in [2.75, 3.05) is 32.6 Å². The molecular formula is C28H30N4O2. The van der Waals surface area contributed by atoms with Gasteiger partial charge in [-0.15, -0.1) is 0 Å². The molecule has 2 aromatic carbocycles. The van der Waals surface area contributed by atoms with Gasteiger partial charge in [-0.1, -0.05) is 24.3 Å². The lowest BCUT2D eigenvalue weighted by molar-refractivity contribution is -0.109. The summed E-state index contributed by atoms with van der Waals surface area (Å²) in [5.74, 6) is 2.07. The fraction of sp³-hybridized carbons (Fsp3) is 0.286. The number of ether oxygens (including phenoxy) is 1. The fourth-order valence-electron chi connectivity index (χ4n) is 4.81. The van der Waals surface area contributed by atoms with Crippen LogP contribution >= 0.6 is 0 Å². The van der Waals surface area contributed by atoms with Crippen LogP contribution in [-0.4, -0.2) is 43.4 Å². The van der Waals surface area contributed by atoms with Crippen LogP contribution in [0.4, 0.5) is 11.5 Å². The molecule has 2 aliphatic rings. The van der Waals surface area contributed by atoms with Crippen molar-refractivity contribution in [1.29, 1.82) is 0 Å². The molecule has 2 N–H and O–H groups in total. The van der Waals surface area contributed by atoms with Crippen LogP contribution in [0.25, 0.3) is 17.3 Å². The molecule has 1 atom stereocenters. The number of nitrogens with zero attached hydrogens (tertiary/aromatic N) is 2. The topological polar surface area (TPSA) is 66.5 Å². The molecule has 1 fully saturated rings. The molecular weight excluding hydrogens is 424 g/mol. The van der Waals surface area contributed by atoms with Crippen molar-refractivity contribution < 1.29 is 9.53 Å². The van der Waals surface area contributed by atoms with Gasteiger partial charge in [0.25, 0.3) is 0 Å². The van der Waals surface area contributed by atoms with E-state index in [9.17, 15) is 4.79 Å². The summed E-state index contributed by atoms with van der Waals surface area (Å²) in [6, 6.07) is 18.1. The molecule has 34 heavy (non-hydrogen) atoms. The van der Waals surface area contributed by atoms with E-state index in [1.165, 1.54) is 18.4 Å². The first-order valence-corrected chi connectivity index (χ1v) is 11.8. The van der Waals surface area contributed by atoms with Gasteiger partial charge in [0.2, 0.25) is 0 Å². The number of carbonyl (C=O) groups is 1. The van der Waals surface area contributed by atoms with E-state index < -0.39 is 6.04 Å². The maximum atomic E-state index is 11.8. The largest absolute Gasteiger partial charge is 0.497 e. The number of aldehydes is 1. The number of aromatic nitrogens is 1. The average molecular weight is 455 g/mol. The third kappa shape index (κ3) is 4.54. The summed E-state index contributed by atoms with van der Waals surface area (Å²) < 4.78 is 5.40. The van der Waals surface area contributed by atoms with Crippen LogP contribution in [-0.2, 0) is 4.79 Å². The van der Waals surface area contributed by atoms with Crippen molar-refractivity contribution in [3.05, 3.63) is 77.5 Å². The minimum Gasteiger partial charge on any atom is -0.497 e. The smallest absolute Gasteiger partial charge is 0.146 e. The van der Waals surface area contributed by atoms with Gasteiger partial charge < -0.3 is 25.1 Å². The van der Waals surface area contributed by atoms with Crippen LogP contribution in [0, 0.1) is 0 Å². The lowest BCUT2D eigenvalue weighted by Crippen LogP contribution is -2.29. The molecule has 3 aromatic rings. The van der Waals surface area contributed by atoms with E-state index in [2.05, 4.69) is 46.8 Å². The highest BCUT2D eigenvalue weighted by atomic mass is 16.5. The van der Waals surface area contributed by atoms with E-state index in [1.54, 1.807) is 7.11 Å². The van der Waals surface area contributed by atoms with Crippen LogP contribution < -0.4 is 15.4 Å². The Balaban J connectivity index is 1.48. The number of pyridine rings is 1. The van der Waals surface area contributed by atoms with Gasteiger partial charge in [0.15, 0.2) is 0 Å². The molecule has 0 radical (unpaired) electrons. The monoisotopic (exact) mass is 454 g/mol. The first-order valence-electron chi connectivity index (χ1n) is 11.8. The maximum absolute atomic E-state index is 11.8. The SMILES string of the molecule is COc1cccc(-c2cc3c(c(Nc4ccc(C5CCN(C)CC5)cc4)n2)C(C=O)NC=C3)c1. The number of likely N-dealkylation sites (tertiary alicyclic amines) is 1. The van der Waals surface area contributed by atoms with Crippen LogP contribution in [0.3, 0.4) is 0 Å². The minimum absolute atomic E-state index is 0.451. The number of carbonyl (C=O) groups excluding carboxylic acids is 1. The minimum atomic E-state index is -0.451. The molecule has 1 unspecified atom stereocenters. The van der Waals surface area contributed by atoms with E-state index in [0.717, 1.165) is 53.2 Å². The van der Waals surface area contributed by atoms with Crippen molar-refractivity contribution in [3.8, 4) is 17.0 Å². The zero-order valence-corrected chi connectivity index (χ0v) is 19.6. The summed E-state index contributed by atoms with van der Waals surface area (Å²) in [6.45, 7) is 2.29. The van der Waals surface area contributed by atoms with Gasteiger partial charge in [-0.25, -0.2) is 4.98 Å². The van der Waals surface area contributed by atoms with E-state index in [-0.39, 0.29) is 0 Å². The van der Waals surface area contributed by atoms with Crippen molar-refractivity contribution in [2.24, 2.45) is 0 Å². The Morgan fingerprint density at radius 3 is 2.65 bits per heavy atom. The standard InChI is InChI=1S/C28H30N4O2/c1-32-14-11-20(12-15-32)19-6-8-23(9-7-19)30-28-27-22(10-13-29-26(27)18-33)17-25(31-28)21-4-3-5-24(16-21)34-2/h3-10,13,16-18,20,26,29H,11-12,14-15H2,1-2H3,(H,30,31). The molecule has 1 saturated heterocycles. The highest BCUT2D eigenvalue weighted by Crippen LogP contribution is 2.35. The van der Waals surface area contributed by atoms with E-state index in [1.807, 2.05) is 42.6 Å². The molecule has 2 aliphatic heterocycles. The van der Waals surface area contributed by atoms with Gasteiger partial charge in [-0.05, 0) is 92.6 Å². The second-order valence-electron chi connectivity index (χ2n) is 9.03. The number of nitrogens with one attached hydrogen (secondary N) is 2. The second-order valence-corrected chi connectivity index (χ2v) is 9.03. The predicted octanol–water partition coefficient (Wildman–Crippen LogP) is 5.12. The lowest BCUT2D eigenvalue weighted by Gasteiger charge is -2.29. The molecule has 0 saturated carbocycles. The Bertz CT molecular complexity index is 1200. The molecule has 6 heteroatoms. The molecule has 5 rings (SSSR count). The number of benzene rings is 2. The molecule has 6 nitrogen and oxygen atoms in total. The van der Waals surface area contributed by atoms with Gasteiger partial charge in [-0.3, -0.25) is 0 Å². The number of rotatable bonds is 6. The number of hydrogen-bond donors (Lipinski definition) is 2. The maximum Gasteiger partial charge on any atom is 0.146 e. The number of piperidine rings is 1. The molecule has 174 valence electrons. The predicted molar refractivity (Wildman–Crippen MR) is 136 cm³/mol. The molecule has 0 bridgehead atoms. The van der Waals surface area contributed by atoms with Crippen molar-refractivity contribution >= 4 is 23.9 Å². The molecule has 0 aliphatic carbocycles. The summed E-state index contributed by atoms with van der Waals surface area (Å²) in [5.41, 5.74) is 5.93. The number of hydrogen-bond acceptors (Lipinski definition) is 6. The Hall–Kier alpha value is -3.64. The van der Waals surface area contributed by atoms with Crippen molar-refractivity contribution in [1.82, 2.24) is 15.2 Å². The third-order valence-corrected chi connectivity index (χ3v) is 6.81. The first-order chi connectivity index (χ1) is 16.6. The first kappa shape index (κ1) is 22.2. The molecule has 3 heterocycles. The molecule has 0 spiro atoms. The number of anilines is 2. The van der Waals surface area contributed by atoms with Gasteiger partial charge in [0, 0.05) is 16.8 Å². The number of methoxy groups -OCH3 is 1.